The minimum Gasteiger partial charge on any atom is -0.484 e. The number of carbonyl (C=O) groups is 3. The second kappa shape index (κ2) is 11.0. The maximum atomic E-state index is 12.4. The molecule has 29 heavy (non-hydrogen) atoms. The van der Waals surface area contributed by atoms with Gasteiger partial charge in [-0.3, -0.25) is 14.4 Å². The predicted molar refractivity (Wildman–Crippen MR) is 106 cm³/mol. The van der Waals surface area contributed by atoms with Gasteiger partial charge in [-0.05, 0) is 32.0 Å². The van der Waals surface area contributed by atoms with Gasteiger partial charge in [-0.25, -0.2) is 0 Å². The third kappa shape index (κ3) is 6.76. The number of ether oxygens (including phenoxy) is 3. The highest BCUT2D eigenvalue weighted by Gasteiger charge is 2.17. The molecule has 0 atom stereocenters. The van der Waals surface area contributed by atoms with E-state index >= 15 is 0 Å². The zero-order valence-corrected chi connectivity index (χ0v) is 16.9. The minimum absolute atomic E-state index is 0.219. The Morgan fingerprint density at radius 2 is 1.79 bits per heavy atom. The summed E-state index contributed by atoms with van der Waals surface area (Å²) >= 11 is 0. The molecule has 2 aromatic rings. The van der Waals surface area contributed by atoms with Gasteiger partial charge in [0.1, 0.15) is 12.3 Å². The predicted octanol–water partition coefficient (Wildman–Crippen LogP) is 1.67. The van der Waals surface area contributed by atoms with Crippen LogP contribution >= 0.6 is 0 Å². The number of hydrogen-bond acceptors (Lipinski definition) is 6. The molecule has 0 unspecified atom stereocenters. The van der Waals surface area contributed by atoms with Crippen molar-refractivity contribution in [2.75, 3.05) is 33.5 Å². The SMILES string of the molecule is COCCn1c(C)cc(C(=O)COC(=O)CNC(=O)COc2ccccc2)c1C. The van der Waals surface area contributed by atoms with Crippen molar-refractivity contribution in [3.63, 3.8) is 0 Å². The molecule has 0 saturated heterocycles. The first-order valence-corrected chi connectivity index (χ1v) is 9.21. The molecule has 1 aromatic heterocycles. The average molecular weight is 402 g/mol. The lowest BCUT2D eigenvalue weighted by Gasteiger charge is -2.09. The normalized spacial score (nSPS) is 10.4. The second-order valence-corrected chi connectivity index (χ2v) is 6.39. The van der Waals surface area contributed by atoms with Gasteiger partial charge in [0, 0.05) is 30.6 Å². The fraction of sp³-hybridized carbons (Fsp3) is 0.381. The number of ketones is 1. The van der Waals surface area contributed by atoms with Crippen LogP contribution in [-0.4, -0.2) is 55.7 Å². The van der Waals surface area contributed by atoms with Gasteiger partial charge in [0.05, 0.1) is 6.61 Å². The molecule has 1 aromatic carbocycles. The van der Waals surface area contributed by atoms with Gasteiger partial charge in [0.2, 0.25) is 5.78 Å². The van der Waals surface area contributed by atoms with E-state index in [0.29, 0.717) is 24.5 Å². The molecule has 0 bridgehead atoms. The van der Waals surface area contributed by atoms with Gasteiger partial charge < -0.3 is 24.1 Å². The van der Waals surface area contributed by atoms with Crippen molar-refractivity contribution in [3.05, 3.63) is 53.3 Å². The van der Waals surface area contributed by atoms with Crippen LogP contribution in [0.3, 0.4) is 0 Å². The summed E-state index contributed by atoms with van der Waals surface area (Å²) in [7, 11) is 1.62. The highest BCUT2D eigenvalue weighted by molar-refractivity contribution is 5.99. The Balaban J connectivity index is 1.74. The number of carbonyl (C=O) groups excluding carboxylic acids is 3. The van der Waals surface area contributed by atoms with E-state index in [4.69, 9.17) is 14.2 Å². The summed E-state index contributed by atoms with van der Waals surface area (Å²) in [6, 6.07) is 10.6. The van der Waals surface area contributed by atoms with Gasteiger partial charge in [-0.15, -0.1) is 0 Å². The molecule has 1 N–H and O–H groups in total. The quantitative estimate of drug-likeness (QED) is 0.454. The van der Waals surface area contributed by atoms with E-state index in [1.54, 1.807) is 37.4 Å². The van der Waals surface area contributed by atoms with E-state index in [9.17, 15) is 14.4 Å². The van der Waals surface area contributed by atoms with Crippen molar-refractivity contribution >= 4 is 17.7 Å². The van der Waals surface area contributed by atoms with E-state index in [2.05, 4.69) is 5.32 Å². The van der Waals surface area contributed by atoms with Gasteiger partial charge in [-0.2, -0.15) is 0 Å². The molecule has 0 aliphatic heterocycles. The van der Waals surface area contributed by atoms with Crippen LogP contribution in [0.5, 0.6) is 5.75 Å². The van der Waals surface area contributed by atoms with Crippen molar-refractivity contribution in [1.82, 2.24) is 9.88 Å². The van der Waals surface area contributed by atoms with Crippen LogP contribution < -0.4 is 10.1 Å². The van der Waals surface area contributed by atoms with Crippen molar-refractivity contribution in [2.24, 2.45) is 0 Å². The lowest BCUT2D eigenvalue weighted by molar-refractivity contribution is -0.143. The summed E-state index contributed by atoms with van der Waals surface area (Å²) in [5.41, 5.74) is 2.23. The molecule has 1 amide bonds. The lowest BCUT2D eigenvalue weighted by atomic mass is 10.1. The number of Topliss-reactive ketones (excluding diaryl/α,β-unsaturated/α-hetero) is 1. The average Bonchev–Trinajstić information content (AvgIpc) is 3.01. The number of nitrogens with one attached hydrogen (secondary N) is 1. The lowest BCUT2D eigenvalue weighted by Crippen LogP contribution is -2.34. The van der Waals surface area contributed by atoms with Crippen molar-refractivity contribution in [2.45, 2.75) is 20.4 Å². The standard InChI is InChI=1S/C21H26N2O6/c1-15-11-18(16(2)23(15)9-10-27-3)19(24)13-29-21(26)12-22-20(25)14-28-17-7-5-4-6-8-17/h4-8,11H,9-10,12-14H2,1-3H3,(H,22,25). The molecule has 8 nitrogen and oxygen atoms in total. The zero-order chi connectivity index (χ0) is 21.2. The molecule has 0 radical (unpaired) electrons. The first kappa shape index (κ1) is 22.2. The number of hydrogen-bond donors (Lipinski definition) is 1. The Bertz CT molecular complexity index is 844. The fourth-order valence-electron chi connectivity index (χ4n) is 2.77. The van der Waals surface area contributed by atoms with E-state index in [-0.39, 0.29) is 25.5 Å². The fourth-order valence-corrected chi connectivity index (χ4v) is 2.77. The van der Waals surface area contributed by atoms with Crippen LogP contribution in [0.4, 0.5) is 0 Å². The highest BCUT2D eigenvalue weighted by atomic mass is 16.5. The topological polar surface area (TPSA) is 95.9 Å². The summed E-state index contributed by atoms with van der Waals surface area (Å²) < 4.78 is 17.3. The molecule has 0 aliphatic rings. The molecule has 0 saturated carbocycles. The number of nitrogens with zero attached hydrogens (tertiary/aromatic N) is 1. The molecule has 2 rings (SSSR count). The molecule has 1 heterocycles. The largest absolute Gasteiger partial charge is 0.484 e. The summed E-state index contributed by atoms with van der Waals surface area (Å²) in [4.78, 5) is 35.9. The molecular formula is C21H26N2O6. The Morgan fingerprint density at radius 1 is 1.07 bits per heavy atom. The maximum Gasteiger partial charge on any atom is 0.325 e. The molecule has 156 valence electrons. The number of amides is 1. The van der Waals surface area contributed by atoms with Crippen LogP contribution in [0.25, 0.3) is 0 Å². The first-order valence-electron chi connectivity index (χ1n) is 9.21. The smallest absolute Gasteiger partial charge is 0.325 e. The van der Waals surface area contributed by atoms with E-state index in [1.807, 2.05) is 24.5 Å². The minimum atomic E-state index is -0.695. The third-order valence-electron chi connectivity index (χ3n) is 4.30. The van der Waals surface area contributed by atoms with Gasteiger partial charge in [0.25, 0.3) is 5.91 Å². The van der Waals surface area contributed by atoms with Gasteiger partial charge in [0.15, 0.2) is 13.2 Å². The summed E-state index contributed by atoms with van der Waals surface area (Å²) in [5, 5.41) is 2.40. The van der Waals surface area contributed by atoms with Gasteiger partial charge >= 0.3 is 5.97 Å². The molecule has 0 fully saturated rings. The van der Waals surface area contributed by atoms with Crippen LogP contribution in [0.15, 0.2) is 36.4 Å². The number of aryl methyl sites for hydroxylation is 1. The summed E-state index contributed by atoms with van der Waals surface area (Å²) in [6.07, 6.45) is 0. The second-order valence-electron chi connectivity index (χ2n) is 6.39. The van der Waals surface area contributed by atoms with Crippen LogP contribution in [0.1, 0.15) is 21.7 Å². The van der Waals surface area contributed by atoms with E-state index in [1.165, 1.54) is 0 Å². The first-order chi connectivity index (χ1) is 13.9. The van der Waals surface area contributed by atoms with Crippen LogP contribution in [-0.2, 0) is 25.6 Å². The molecule has 0 spiro atoms. The summed E-state index contributed by atoms with van der Waals surface area (Å²) in [5.74, 6) is -0.897. The Morgan fingerprint density at radius 3 is 2.48 bits per heavy atom. The summed E-state index contributed by atoms with van der Waals surface area (Å²) in [6.45, 7) is 3.97. The Labute approximate surface area is 169 Å². The van der Waals surface area contributed by atoms with Crippen LogP contribution in [0, 0.1) is 13.8 Å². The number of aromatic nitrogens is 1. The number of esters is 1. The van der Waals surface area contributed by atoms with Crippen molar-refractivity contribution in [3.8, 4) is 5.75 Å². The Kier molecular flexibility index (Phi) is 8.42. The maximum absolute atomic E-state index is 12.4. The molecule has 0 aliphatic carbocycles. The van der Waals surface area contributed by atoms with E-state index < -0.39 is 11.9 Å². The number of benzene rings is 1. The highest BCUT2D eigenvalue weighted by Crippen LogP contribution is 2.16. The zero-order valence-electron chi connectivity index (χ0n) is 16.9. The van der Waals surface area contributed by atoms with Crippen molar-refractivity contribution in [1.29, 1.82) is 0 Å². The number of rotatable bonds is 11. The molecular weight excluding hydrogens is 376 g/mol. The van der Waals surface area contributed by atoms with Crippen molar-refractivity contribution < 1.29 is 28.6 Å². The number of para-hydroxylation sites is 1. The van der Waals surface area contributed by atoms with Gasteiger partial charge in [-0.1, -0.05) is 18.2 Å². The van der Waals surface area contributed by atoms with Crippen LogP contribution in [0.2, 0.25) is 0 Å². The van der Waals surface area contributed by atoms with E-state index in [0.717, 1.165) is 11.4 Å². The number of methoxy groups -OCH3 is 1. The Hall–Kier alpha value is -3.13. The molecule has 8 heteroatoms. The monoisotopic (exact) mass is 402 g/mol. The third-order valence-corrected chi connectivity index (χ3v) is 4.30.